The Kier molecular flexibility index (Phi) is 6.16. The van der Waals surface area contributed by atoms with Gasteiger partial charge in [-0.3, -0.25) is 9.59 Å². The SMILES string of the molecule is COC(=O)COc1ccc(NC(=O)C2CCN(c3ccc(Cl)cc3)C2=O)cc1. The molecule has 2 amide bonds. The van der Waals surface area contributed by atoms with Crippen LogP contribution in [0.1, 0.15) is 6.42 Å². The lowest BCUT2D eigenvalue weighted by Crippen LogP contribution is -2.33. The largest absolute Gasteiger partial charge is 0.482 e. The summed E-state index contributed by atoms with van der Waals surface area (Å²) in [5.74, 6) is -1.36. The smallest absolute Gasteiger partial charge is 0.343 e. The molecule has 2 aromatic rings. The first kappa shape index (κ1) is 19.7. The van der Waals surface area contributed by atoms with Crippen molar-refractivity contribution < 1.29 is 23.9 Å². The van der Waals surface area contributed by atoms with Crippen LogP contribution in [0.25, 0.3) is 0 Å². The molecule has 3 rings (SSSR count). The van der Waals surface area contributed by atoms with E-state index in [-0.39, 0.29) is 18.4 Å². The van der Waals surface area contributed by atoms with Crippen LogP contribution in [0.15, 0.2) is 48.5 Å². The van der Waals surface area contributed by atoms with Crippen LogP contribution >= 0.6 is 11.6 Å². The number of rotatable bonds is 6. The number of hydrogen-bond acceptors (Lipinski definition) is 5. The van der Waals surface area contributed by atoms with Crippen LogP contribution in [0.4, 0.5) is 11.4 Å². The molecule has 0 aliphatic carbocycles. The van der Waals surface area contributed by atoms with Crippen molar-refractivity contribution in [3.63, 3.8) is 0 Å². The van der Waals surface area contributed by atoms with E-state index >= 15 is 0 Å². The molecule has 1 N–H and O–H groups in total. The first-order chi connectivity index (χ1) is 13.5. The number of methoxy groups -OCH3 is 1. The van der Waals surface area contributed by atoms with Gasteiger partial charge in [0.25, 0.3) is 0 Å². The molecular weight excluding hydrogens is 384 g/mol. The standard InChI is InChI=1S/C20H19ClN2O5/c1-27-18(24)12-28-16-8-4-14(5-9-16)22-19(25)17-10-11-23(20(17)26)15-6-2-13(21)3-7-15/h2-9,17H,10-12H2,1H3,(H,22,25). The Hall–Kier alpha value is -3.06. The van der Waals surface area contributed by atoms with Gasteiger partial charge in [0.05, 0.1) is 7.11 Å². The second-order valence-electron chi connectivity index (χ2n) is 6.19. The van der Waals surface area contributed by atoms with E-state index in [1.165, 1.54) is 7.11 Å². The quantitative estimate of drug-likeness (QED) is 0.593. The summed E-state index contributed by atoms with van der Waals surface area (Å²) in [6.07, 6.45) is 0.438. The predicted octanol–water partition coefficient (Wildman–Crippen LogP) is 2.88. The molecule has 1 saturated heterocycles. The molecule has 1 unspecified atom stereocenters. The van der Waals surface area contributed by atoms with Gasteiger partial charge in [-0.05, 0) is 55.0 Å². The van der Waals surface area contributed by atoms with Crippen molar-refractivity contribution in [3.8, 4) is 5.75 Å². The van der Waals surface area contributed by atoms with Crippen LogP contribution in [0.2, 0.25) is 5.02 Å². The minimum atomic E-state index is -0.745. The monoisotopic (exact) mass is 402 g/mol. The summed E-state index contributed by atoms with van der Waals surface area (Å²) in [5, 5.41) is 3.33. The van der Waals surface area contributed by atoms with Gasteiger partial charge in [-0.1, -0.05) is 11.6 Å². The third kappa shape index (κ3) is 4.61. The van der Waals surface area contributed by atoms with E-state index in [4.69, 9.17) is 16.3 Å². The van der Waals surface area contributed by atoms with Crippen molar-refractivity contribution in [3.05, 3.63) is 53.6 Å². The lowest BCUT2D eigenvalue weighted by molar-refractivity contribution is -0.143. The van der Waals surface area contributed by atoms with Gasteiger partial charge >= 0.3 is 5.97 Å². The molecule has 0 bridgehead atoms. The van der Waals surface area contributed by atoms with E-state index in [0.29, 0.717) is 29.4 Å². The summed E-state index contributed by atoms with van der Waals surface area (Å²) in [5.41, 5.74) is 1.25. The van der Waals surface area contributed by atoms with Crippen LogP contribution < -0.4 is 15.0 Å². The Labute approximate surface area is 167 Å². The molecule has 8 heteroatoms. The van der Waals surface area contributed by atoms with Crippen molar-refractivity contribution in [2.45, 2.75) is 6.42 Å². The van der Waals surface area contributed by atoms with Crippen molar-refractivity contribution in [1.82, 2.24) is 0 Å². The van der Waals surface area contributed by atoms with Crippen molar-refractivity contribution in [2.24, 2.45) is 5.92 Å². The van der Waals surface area contributed by atoms with Crippen molar-refractivity contribution in [1.29, 1.82) is 0 Å². The first-order valence-corrected chi connectivity index (χ1v) is 9.03. The summed E-state index contributed by atoms with van der Waals surface area (Å²) >= 11 is 5.88. The Bertz CT molecular complexity index is 867. The normalized spacial score (nSPS) is 16.0. The zero-order valence-corrected chi connectivity index (χ0v) is 15.9. The number of nitrogens with one attached hydrogen (secondary N) is 1. The third-order valence-electron chi connectivity index (χ3n) is 4.37. The highest BCUT2D eigenvalue weighted by Gasteiger charge is 2.37. The van der Waals surface area contributed by atoms with Crippen LogP contribution in [-0.4, -0.2) is 38.0 Å². The number of esters is 1. The zero-order chi connectivity index (χ0) is 20.1. The van der Waals surface area contributed by atoms with E-state index in [2.05, 4.69) is 10.1 Å². The fourth-order valence-corrected chi connectivity index (χ4v) is 2.99. The van der Waals surface area contributed by atoms with Gasteiger partial charge in [0.2, 0.25) is 11.8 Å². The topological polar surface area (TPSA) is 84.9 Å². The molecule has 0 saturated carbocycles. The molecule has 28 heavy (non-hydrogen) atoms. The second-order valence-corrected chi connectivity index (χ2v) is 6.62. The maximum Gasteiger partial charge on any atom is 0.343 e. The highest BCUT2D eigenvalue weighted by Crippen LogP contribution is 2.27. The summed E-state index contributed by atoms with van der Waals surface area (Å²) in [4.78, 5) is 37.8. The van der Waals surface area contributed by atoms with Gasteiger partial charge in [-0.25, -0.2) is 4.79 Å². The molecule has 1 aliphatic rings. The number of benzene rings is 2. The minimum Gasteiger partial charge on any atom is -0.482 e. The summed E-state index contributed by atoms with van der Waals surface area (Å²) in [6, 6.07) is 13.5. The average Bonchev–Trinajstić information content (AvgIpc) is 3.09. The van der Waals surface area contributed by atoms with E-state index in [1.54, 1.807) is 53.4 Å². The van der Waals surface area contributed by atoms with Crippen LogP contribution in [-0.2, 0) is 19.1 Å². The maximum atomic E-state index is 12.6. The van der Waals surface area contributed by atoms with E-state index in [0.717, 1.165) is 5.69 Å². The number of carbonyl (C=O) groups excluding carboxylic acids is 3. The lowest BCUT2D eigenvalue weighted by Gasteiger charge is -2.17. The Morgan fingerprint density at radius 2 is 1.82 bits per heavy atom. The molecular formula is C20H19ClN2O5. The molecule has 1 fully saturated rings. The zero-order valence-electron chi connectivity index (χ0n) is 15.2. The summed E-state index contributed by atoms with van der Waals surface area (Å²) < 4.78 is 9.75. The molecule has 0 radical (unpaired) electrons. The predicted molar refractivity (Wildman–Crippen MR) is 104 cm³/mol. The van der Waals surface area contributed by atoms with E-state index in [9.17, 15) is 14.4 Å². The molecule has 7 nitrogen and oxygen atoms in total. The van der Waals surface area contributed by atoms with Crippen molar-refractivity contribution in [2.75, 3.05) is 30.5 Å². The number of nitrogens with zero attached hydrogens (tertiary/aromatic N) is 1. The number of carbonyl (C=O) groups is 3. The molecule has 146 valence electrons. The van der Waals surface area contributed by atoms with Gasteiger partial charge in [-0.15, -0.1) is 0 Å². The molecule has 1 aliphatic heterocycles. The number of amides is 2. The summed E-state index contributed by atoms with van der Waals surface area (Å²) in [6.45, 7) is 0.276. The highest BCUT2D eigenvalue weighted by atomic mass is 35.5. The number of ether oxygens (including phenoxy) is 2. The molecule has 0 aromatic heterocycles. The van der Waals surface area contributed by atoms with Crippen LogP contribution in [0, 0.1) is 5.92 Å². The minimum absolute atomic E-state index is 0.195. The molecule has 1 atom stereocenters. The van der Waals surface area contributed by atoms with Crippen molar-refractivity contribution >= 4 is 40.8 Å². The maximum absolute atomic E-state index is 12.6. The number of halogens is 1. The molecule has 1 heterocycles. The van der Waals surface area contributed by atoms with Gasteiger partial charge in [-0.2, -0.15) is 0 Å². The fraction of sp³-hybridized carbons (Fsp3) is 0.250. The van der Waals surface area contributed by atoms with Crippen LogP contribution in [0.5, 0.6) is 5.75 Å². The van der Waals surface area contributed by atoms with Gasteiger partial charge in [0, 0.05) is 22.9 Å². The number of hydrogen-bond donors (Lipinski definition) is 1. The highest BCUT2D eigenvalue weighted by molar-refractivity contribution is 6.30. The average molecular weight is 403 g/mol. The number of anilines is 2. The van der Waals surface area contributed by atoms with E-state index in [1.807, 2.05) is 0 Å². The first-order valence-electron chi connectivity index (χ1n) is 8.65. The molecule has 2 aromatic carbocycles. The summed E-state index contributed by atoms with van der Waals surface area (Å²) in [7, 11) is 1.28. The molecule has 0 spiro atoms. The second kappa shape index (κ2) is 8.75. The third-order valence-corrected chi connectivity index (χ3v) is 4.62. The van der Waals surface area contributed by atoms with Gasteiger partial charge in [0.15, 0.2) is 6.61 Å². The van der Waals surface area contributed by atoms with Crippen LogP contribution in [0.3, 0.4) is 0 Å². The van der Waals surface area contributed by atoms with Gasteiger partial charge < -0.3 is 19.7 Å². The lowest BCUT2D eigenvalue weighted by atomic mass is 10.1. The van der Waals surface area contributed by atoms with Gasteiger partial charge in [0.1, 0.15) is 11.7 Å². The Morgan fingerprint density at radius 3 is 2.46 bits per heavy atom. The van der Waals surface area contributed by atoms with E-state index < -0.39 is 11.9 Å². The Balaban J connectivity index is 1.58. The Morgan fingerprint density at radius 1 is 1.14 bits per heavy atom. The fourth-order valence-electron chi connectivity index (χ4n) is 2.87.